The van der Waals surface area contributed by atoms with E-state index >= 15 is 0 Å². The maximum absolute atomic E-state index is 11.6. The number of rotatable bonds is 2. The fourth-order valence-electron chi connectivity index (χ4n) is 1.95. The number of H-pyrrole nitrogens is 1. The van der Waals surface area contributed by atoms with Crippen LogP contribution in [0.25, 0.3) is 5.57 Å². The zero-order chi connectivity index (χ0) is 11.5. The first-order valence-electron chi connectivity index (χ1n) is 5.81. The second-order valence-electron chi connectivity index (χ2n) is 4.53. The van der Waals surface area contributed by atoms with Crippen LogP contribution in [-0.2, 0) is 0 Å². The van der Waals surface area contributed by atoms with Crippen molar-refractivity contribution in [1.82, 2.24) is 10.3 Å². The molecule has 0 aromatic carbocycles. The maximum atomic E-state index is 11.6. The summed E-state index contributed by atoms with van der Waals surface area (Å²) < 4.78 is 0. The molecule has 0 amide bonds. The Labute approximate surface area is 95.6 Å². The summed E-state index contributed by atoms with van der Waals surface area (Å²) in [5.41, 5.74) is 3.38. The fraction of sp³-hybridized carbons (Fsp3) is 0.462. The molecule has 1 aromatic heterocycles. The highest BCUT2D eigenvalue weighted by Gasteiger charge is 2.09. The molecule has 86 valence electrons. The molecule has 1 aliphatic heterocycles. The highest BCUT2D eigenvalue weighted by molar-refractivity contribution is 5.66. The monoisotopic (exact) mass is 218 g/mol. The Kier molecular flexibility index (Phi) is 3.25. The van der Waals surface area contributed by atoms with Crippen LogP contribution in [0.2, 0.25) is 0 Å². The van der Waals surface area contributed by atoms with Crippen molar-refractivity contribution in [1.29, 1.82) is 0 Å². The molecule has 0 radical (unpaired) electrons. The van der Waals surface area contributed by atoms with Crippen LogP contribution in [0.5, 0.6) is 0 Å². The van der Waals surface area contributed by atoms with Gasteiger partial charge in [0.15, 0.2) is 0 Å². The molecule has 0 atom stereocenters. The van der Waals surface area contributed by atoms with E-state index in [1.807, 2.05) is 0 Å². The average Bonchev–Trinajstić information content (AvgIpc) is 2.29. The third-order valence-electron chi connectivity index (χ3n) is 2.92. The number of pyridine rings is 1. The fourth-order valence-corrected chi connectivity index (χ4v) is 1.95. The Morgan fingerprint density at radius 3 is 2.75 bits per heavy atom. The molecule has 0 fully saturated rings. The summed E-state index contributed by atoms with van der Waals surface area (Å²) in [5.74, 6) is 0.356. The van der Waals surface area contributed by atoms with Crippen LogP contribution in [0.15, 0.2) is 23.0 Å². The van der Waals surface area contributed by atoms with Gasteiger partial charge in [0.25, 0.3) is 0 Å². The van der Waals surface area contributed by atoms with Crippen LogP contribution in [0.4, 0.5) is 0 Å². The van der Waals surface area contributed by atoms with Crippen molar-refractivity contribution in [2.75, 3.05) is 13.1 Å². The summed E-state index contributed by atoms with van der Waals surface area (Å²) in [6, 6.07) is 3.80. The highest BCUT2D eigenvalue weighted by atomic mass is 16.1. The van der Waals surface area contributed by atoms with Crippen LogP contribution in [-0.4, -0.2) is 18.1 Å². The molecule has 3 nitrogen and oxygen atoms in total. The Morgan fingerprint density at radius 1 is 1.31 bits per heavy atom. The molecule has 1 aromatic rings. The summed E-state index contributed by atoms with van der Waals surface area (Å²) in [4.78, 5) is 14.4. The van der Waals surface area contributed by atoms with Gasteiger partial charge < -0.3 is 10.3 Å². The summed E-state index contributed by atoms with van der Waals surface area (Å²) in [7, 11) is 0. The Hall–Kier alpha value is -1.35. The molecule has 0 unspecified atom stereocenters. The Balaban J connectivity index is 2.40. The van der Waals surface area contributed by atoms with Crippen molar-refractivity contribution < 1.29 is 0 Å². The molecule has 0 aliphatic carbocycles. The lowest BCUT2D eigenvalue weighted by molar-refractivity contribution is 0.737. The molecule has 2 N–H and O–H groups in total. The van der Waals surface area contributed by atoms with Crippen molar-refractivity contribution in [3.8, 4) is 0 Å². The van der Waals surface area contributed by atoms with Crippen LogP contribution in [0, 0.1) is 0 Å². The average molecular weight is 218 g/mol. The first kappa shape index (κ1) is 11.1. The van der Waals surface area contributed by atoms with Gasteiger partial charge in [0, 0.05) is 18.3 Å². The third kappa shape index (κ3) is 2.42. The van der Waals surface area contributed by atoms with Crippen LogP contribution < -0.4 is 10.9 Å². The minimum absolute atomic E-state index is 0.000586. The van der Waals surface area contributed by atoms with E-state index in [-0.39, 0.29) is 5.56 Å². The van der Waals surface area contributed by atoms with Gasteiger partial charge in [-0.3, -0.25) is 4.79 Å². The zero-order valence-electron chi connectivity index (χ0n) is 9.84. The molecule has 3 heteroatoms. The number of nitrogens with one attached hydrogen (secondary N) is 2. The molecule has 0 bridgehead atoms. The summed E-state index contributed by atoms with van der Waals surface area (Å²) in [6.45, 7) is 6.08. The van der Waals surface area contributed by atoms with Gasteiger partial charge in [-0.2, -0.15) is 0 Å². The van der Waals surface area contributed by atoms with Gasteiger partial charge in [0.05, 0.1) is 0 Å². The predicted octanol–water partition coefficient (Wildman–Crippen LogP) is 1.88. The zero-order valence-corrected chi connectivity index (χ0v) is 9.84. The van der Waals surface area contributed by atoms with Gasteiger partial charge in [-0.05, 0) is 36.1 Å². The smallest absolute Gasteiger partial charge is 0.248 e. The number of aromatic amines is 1. The number of hydrogen-bond donors (Lipinski definition) is 2. The van der Waals surface area contributed by atoms with Crippen LogP contribution in [0.1, 0.15) is 37.4 Å². The third-order valence-corrected chi connectivity index (χ3v) is 2.92. The van der Waals surface area contributed by atoms with E-state index in [1.165, 1.54) is 5.57 Å². The maximum Gasteiger partial charge on any atom is 0.248 e. The van der Waals surface area contributed by atoms with E-state index in [1.54, 1.807) is 6.07 Å². The van der Waals surface area contributed by atoms with E-state index in [0.29, 0.717) is 5.92 Å². The summed E-state index contributed by atoms with van der Waals surface area (Å²) in [5, 5.41) is 3.27. The van der Waals surface area contributed by atoms with Gasteiger partial charge in [0.1, 0.15) is 0 Å². The van der Waals surface area contributed by atoms with Crippen molar-refractivity contribution >= 4 is 5.57 Å². The second kappa shape index (κ2) is 4.66. The lowest BCUT2D eigenvalue weighted by Crippen LogP contribution is -2.20. The van der Waals surface area contributed by atoms with Gasteiger partial charge in [-0.25, -0.2) is 0 Å². The molecule has 2 heterocycles. The van der Waals surface area contributed by atoms with Crippen molar-refractivity contribution in [3.05, 3.63) is 39.8 Å². The van der Waals surface area contributed by atoms with Crippen LogP contribution >= 0.6 is 0 Å². The molecule has 16 heavy (non-hydrogen) atoms. The lowest BCUT2D eigenvalue weighted by atomic mass is 9.98. The van der Waals surface area contributed by atoms with E-state index in [0.717, 1.165) is 30.8 Å². The van der Waals surface area contributed by atoms with E-state index < -0.39 is 0 Å². The topological polar surface area (TPSA) is 44.9 Å². The quantitative estimate of drug-likeness (QED) is 0.796. The minimum Gasteiger partial charge on any atom is -0.326 e. The van der Waals surface area contributed by atoms with Gasteiger partial charge >= 0.3 is 0 Å². The first-order chi connectivity index (χ1) is 7.66. The minimum atomic E-state index is 0.000586. The molecular formula is C13H18N2O. The summed E-state index contributed by atoms with van der Waals surface area (Å²) in [6.07, 6.45) is 3.17. The largest absolute Gasteiger partial charge is 0.326 e. The molecule has 1 aliphatic rings. The van der Waals surface area contributed by atoms with Crippen molar-refractivity contribution in [2.24, 2.45) is 0 Å². The van der Waals surface area contributed by atoms with Gasteiger partial charge in [-0.1, -0.05) is 19.9 Å². The van der Waals surface area contributed by atoms with Gasteiger partial charge in [-0.15, -0.1) is 0 Å². The molecule has 0 saturated carbocycles. The van der Waals surface area contributed by atoms with E-state index in [2.05, 4.69) is 36.3 Å². The van der Waals surface area contributed by atoms with E-state index in [4.69, 9.17) is 0 Å². The molecule has 0 saturated heterocycles. The highest BCUT2D eigenvalue weighted by Crippen LogP contribution is 2.20. The van der Waals surface area contributed by atoms with Crippen molar-refractivity contribution in [2.45, 2.75) is 26.2 Å². The standard InChI is InChI=1S/C13H18N2O/c1-9(2)12-7-11(8-13(16)15-12)10-3-5-14-6-4-10/h3,7-9,14H,4-6H2,1-2H3,(H,15,16). The molecular weight excluding hydrogens is 200 g/mol. The predicted molar refractivity (Wildman–Crippen MR) is 66.6 cm³/mol. The normalized spacial score (nSPS) is 16.3. The first-order valence-corrected chi connectivity index (χ1v) is 5.81. The van der Waals surface area contributed by atoms with E-state index in [9.17, 15) is 4.79 Å². The van der Waals surface area contributed by atoms with Crippen LogP contribution in [0.3, 0.4) is 0 Å². The Morgan fingerprint density at radius 2 is 2.12 bits per heavy atom. The second-order valence-corrected chi connectivity index (χ2v) is 4.53. The van der Waals surface area contributed by atoms with Crippen molar-refractivity contribution in [3.63, 3.8) is 0 Å². The molecule has 2 rings (SSSR count). The molecule has 0 spiro atoms. The van der Waals surface area contributed by atoms with Gasteiger partial charge in [0.2, 0.25) is 5.56 Å². The number of hydrogen-bond acceptors (Lipinski definition) is 2. The number of aromatic nitrogens is 1. The SMILES string of the molecule is CC(C)c1cc(C2=CCNCC2)cc(=O)[nH]1. The summed E-state index contributed by atoms with van der Waals surface area (Å²) >= 11 is 0. The lowest BCUT2D eigenvalue weighted by Gasteiger charge is -2.15. The Bertz CT molecular complexity index is 457.